The Morgan fingerprint density at radius 1 is 0.321 bits per heavy atom. The summed E-state index contributed by atoms with van der Waals surface area (Å²) in [5, 5.41) is 0. The second-order valence-electron chi connectivity index (χ2n) is 15.2. The topological polar surface area (TPSA) is 3.24 Å². The van der Waals surface area contributed by atoms with Crippen molar-refractivity contribution in [3.05, 3.63) is 221 Å². The minimum absolute atomic E-state index is 0.166. The summed E-state index contributed by atoms with van der Waals surface area (Å²) in [6.07, 6.45) is 0. The van der Waals surface area contributed by atoms with Gasteiger partial charge in [0.05, 0.1) is 5.41 Å². The predicted molar refractivity (Wildman–Crippen MR) is 220 cm³/mol. The van der Waals surface area contributed by atoms with Crippen molar-refractivity contribution in [1.82, 2.24) is 0 Å². The molecule has 1 heteroatoms. The van der Waals surface area contributed by atoms with Crippen molar-refractivity contribution in [3.8, 4) is 44.5 Å². The average Bonchev–Trinajstić information content (AvgIpc) is 3.77. The van der Waals surface area contributed by atoms with E-state index in [1.54, 1.807) is 0 Å². The molecule has 11 rings (SSSR count). The molecule has 0 heterocycles. The van der Waals surface area contributed by atoms with Crippen LogP contribution in [0.4, 0.5) is 17.1 Å². The molecule has 0 aromatic heterocycles. The number of rotatable bonds is 4. The number of fused-ring (bicyclic) bond motifs is 13. The molecular formula is C52H37N. The van der Waals surface area contributed by atoms with E-state index in [0.29, 0.717) is 0 Å². The Morgan fingerprint density at radius 2 is 0.792 bits per heavy atom. The predicted octanol–water partition coefficient (Wildman–Crippen LogP) is 13.5. The first-order chi connectivity index (χ1) is 26.1. The van der Waals surface area contributed by atoms with E-state index in [1.165, 1.54) is 77.9 Å². The second-order valence-corrected chi connectivity index (χ2v) is 15.2. The van der Waals surface area contributed by atoms with Gasteiger partial charge < -0.3 is 4.90 Å². The lowest BCUT2D eigenvalue weighted by molar-refractivity contribution is 0.657. The monoisotopic (exact) mass is 675 g/mol. The Morgan fingerprint density at radius 3 is 1.40 bits per heavy atom. The molecule has 53 heavy (non-hydrogen) atoms. The van der Waals surface area contributed by atoms with Crippen molar-refractivity contribution in [2.75, 3.05) is 4.90 Å². The molecule has 3 aliphatic carbocycles. The van der Waals surface area contributed by atoms with E-state index in [1.807, 2.05) is 0 Å². The second kappa shape index (κ2) is 11.0. The number of nitrogens with zero attached hydrogens (tertiary/aromatic N) is 1. The van der Waals surface area contributed by atoms with E-state index in [2.05, 4.69) is 207 Å². The first kappa shape index (κ1) is 30.2. The van der Waals surface area contributed by atoms with Crippen LogP contribution in [0.1, 0.15) is 47.2 Å². The maximum atomic E-state index is 2.61. The molecule has 3 aliphatic rings. The van der Waals surface area contributed by atoms with Crippen LogP contribution >= 0.6 is 0 Å². The molecule has 0 saturated carbocycles. The Bertz CT molecular complexity index is 2660. The van der Waals surface area contributed by atoms with Crippen LogP contribution in [0.2, 0.25) is 0 Å². The number of hydrogen-bond acceptors (Lipinski definition) is 1. The first-order valence-electron chi connectivity index (χ1n) is 18.7. The van der Waals surface area contributed by atoms with E-state index in [0.717, 1.165) is 17.1 Å². The van der Waals surface area contributed by atoms with Crippen LogP contribution in [0, 0.1) is 0 Å². The van der Waals surface area contributed by atoms with Gasteiger partial charge in [-0.25, -0.2) is 0 Å². The van der Waals surface area contributed by atoms with Gasteiger partial charge in [-0.3, -0.25) is 0 Å². The molecule has 0 fully saturated rings. The van der Waals surface area contributed by atoms with Gasteiger partial charge in [-0.15, -0.1) is 0 Å². The minimum Gasteiger partial charge on any atom is -0.310 e. The van der Waals surface area contributed by atoms with Gasteiger partial charge in [-0.2, -0.15) is 0 Å². The smallest absolute Gasteiger partial charge is 0.0726 e. The Labute approximate surface area is 311 Å². The zero-order valence-electron chi connectivity index (χ0n) is 29.8. The van der Waals surface area contributed by atoms with E-state index in [9.17, 15) is 0 Å². The summed E-state index contributed by atoms with van der Waals surface area (Å²) < 4.78 is 0. The number of anilines is 3. The molecule has 250 valence electrons. The lowest BCUT2D eigenvalue weighted by Crippen LogP contribution is -2.27. The number of para-hydroxylation sites is 2. The number of hydrogen-bond donors (Lipinski definition) is 0. The minimum atomic E-state index is -0.504. The van der Waals surface area contributed by atoms with Gasteiger partial charge >= 0.3 is 0 Å². The molecule has 0 saturated heterocycles. The van der Waals surface area contributed by atoms with E-state index in [-0.39, 0.29) is 5.41 Å². The Hall–Kier alpha value is -6.44. The molecule has 0 atom stereocenters. The van der Waals surface area contributed by atoms with Gasteiger partial charge in [0.25, 0.3) is 0 Å². The molecule has 0 radical (unpaired) electrons. The third kappa shape index (κ3) is 3.97. The van der Waals surface area contributed by atoms with Crippen LogP contribution in [0.25, 0.3) is 44.5 Å². The van der Waals surface area contributed by atoms with Gasteiger partial charge in [0, 0.05) is 22.5 Å². The largest absolute Gasteiger partial charge is 0.310 e. The third-order valence-corrected chi connectivity index (χ3v) is 12.3. The summed E-state index contributed by atoms with van der Waals surface area (Å²) in [4.78, 5) is 2.40. The average molecular weight is 676 g/mol. The maximum Gasteiger partial charge on any atom is 0.0726 e. The van der Waals surface area contributed by atoms with Crippen molar-refractivity contribution < 1.29 is 0 Å². The van der Waals surface area contributed by atoms with Crippen LogP contribution < -0.4 is 4.90 Å². The van der Waals surface area contributed by atoms with Crippen LogP contribution in [0.15, 0.2) is 188 Å². The molecule has 1 nitrogen and oxygen atoms in total. The molecule has 1 spiro atoms. The van der Waals surface area contributed by atoms with Crippen molar-refractivity contribution in [2.24, 2.45) is 0 Å². The van der Waals surface area contributed by atoms with Crippen LogP contribution in [0.3, 0.4) is 0 Å². The lowest BCUT2D eigenvalue weighted by Gasteiger charge is -2.33. The fraction of sp³-hybridized carbons (Fsp3) is 0.0769. The van der Waals surface area contributed by atoms with Gasteiger partial charge in [0.1, 0.15) is 0 Å². The molecule has 0 unspecified atom stereocenters. The third-order valence-electron chi connectivity index (χ3n) is 12.3. The molecule has 0 N–H and O–H groups in total. The molecule has 8 aromatic rings. The highest BCUT2D eigenvalue weighted by Crippen LogP contribution is 2.67. The highest BCUT2D eigenvalue weighted by atomic mass is 15.1. The summed E-state index contributed by atoms with van der Waals surface area (Å²) in [5.41, 5.74) is 21.6. The van der Waals surface area contributed by atoms with Crippen LogP contribution in [0.5, 0.6) is 0 Å². The maximum absolute atomic E-state index is 2.61. The van der Waals surface area contributed by atoms with Gasteiger partial charge in [-0.05, 0) is 114 Å². The van der Waals surface area contributed by atoms with Gasteiger partial charge in [-0.1, -0.05) is 166 Å². The fourth-order valence-corrected chi connectivity index (χ4v) is 10.1. The molecule has 0 bridgehead atoms. The highest BCUT2D eigenvalue weighted by molar-refractivity contribution is 6.07. The van der Waals surface area contributed by atoms with Gasteiger partial charge in [0.15, 0.2) is 0 Å². The van der Waals surface area contributed by atoms with Gasteiger partial charge in [0.2, 0.25) is 0 Å². The summed E-state index contributed by atoms with van der Waals surface area (Å²) in [7, 11) is 0. The molecule has 8 aromatic carbocycles. The summed E-state index contributed by atoms with van der Waals surface area (Å²) >= 11 is 0. The summed E-state index contributed by atoms with van der Waals surface area (Å²) in [6.45, 7) is 4.83. The Kier molecular flexibility index (Phi) is 6.29. The van der Waals surface area contributed by atoms with E-state index >= 15 is 0 Å². The molecule has 0 amide bonds. The van der Waals surface area contributed by atoms with Crippen molar-refractivity contribution >= 4 is 17.1 Å². The van der Waals surface area contributed by atoms with Crippen molar-refractivity contribution in [1.29, 1.82) is 0 Å². The molecule has 0 aliphatic heterocycles. The lowest BCUT2D eigenvalue weighted by atomic mass is 9.69. The van der Waals surface area contributed by atoms with E-state index in [4.69, 9.17) is 0 Å². The Balaban J connectivity index is 1.31. The normalized spacial score (nSPS) is 14.5. The standard InChI is InChI=1S/C52H37N/c1-51(2)42-27-15-14-26-40(42)49-46(51)33-47-50(48(49)34-18-6-3-7-19-34)41-31-30-37(53(35-20-8-4-9-21-35)36-22-10-5-11-23-36)32-45(41)52(47)43-28-16-12-24-38(43)39-25-13-17-29-44(39)52/h3-33H,1-2H3. The molecular weight excluding hydrogens is 639 g/mol. The SMILES string of the molecule is CC1(C)c2ccccc2-c2c1cc1c(c2-c2ccccc2)-c2ccc(N(c3ccccc3)c3ccccc3)cc2C12c1ccccc1-c1ccccc12. The highest BCUT2D eigenvalue weighted by Gasteiger charge is 2.54. The van der Waals surface area contributed by atoms with Crippen molar-refractivity contribution in [3.63, 3.8) is 0 Å². The first-order valence-corrected chi connectivity index (χ1v) is 18.7. The zero-order chi connectivity index (χ0) is 35.3. The summed E-state index contributed by atoms with van der Waals surface area (Å²) in [5.74, 6) is 0. The number of benzene rings is 8. The van der Waals surface area contributed by atoms with E-state index < -0.39 is 5.41 Å². The fourth-order valence-electron chi connectivity index (χ4n) is 10.1. The van der Waals surface area contributed by atoms with Crippen molar-refractivity contribution in [2.45, 2.75) is 24.7 Å². The van der Waals surface area contributed by atoms with Crippen LogP contribution in [-0.2, 0) is 10.8 Å². The summed E-state index contributed by atoms with van der Waals surface area (Å²) in [6, 6.07) is 70.0. The quantitative estimate of drug-likeness (QED) is 0.179. The zero-order valence-corrected chi connectivity index (χ0v) is 29.8. The van der Waals surface area contributed by atoms with Crippen LogP contribution in [-0.4, -0.2) is 0 Å².